The SMILES string of the molecule is CCCC1CC1NCc1cc(C(N)=O)ccc1F. The molecule has 0 saturated heterocycles. The van der Waals surface area contributed by atoms with Gasteiger partial charge in [0, 0.05) is 23.7 Å². The predicted molar refractivity (Wildman–Crippen MR) is 68.6 cm³/mol. The van der Waals surface area contributed by atoms with Crippen molar-refractivity contribution in [1.82, 2.24) is 5.32 Å². The van der Waals surface area contributed by atoms with Crippen LogP contribution in [-0.4, -0.2) is 11.9 Å². The normalized spacial score (nSPS) is 21.9. The summed E-state index contributed by atoms with van der Waals surface area (Å²) < 4.78 is 13.6. The molecule has 1 aromatic rings. The Balaban J connectivity index is 1.93. The Bertz CT molecular complexity index is 447. The predicted octanol–water partition coefficient (Wildman–Crippen LogP) is 2.20. The zero-order valence-corrected chi connectivity index (χ0v) is 10.6. The van der Waals surface area contributed by atoms with Gasteiger partial charge < -0.3 is 11.1 Å². The molecule has 18 heavy (non-hydrogen) atoms. The monoisotopic (exact) mass is 250 g/mol. The van der Waals surface area contributed by atoms with Crippen molar-refractivity contribution >= 4 is 5.91 Å². The van der Waals surface area contributed by atoms with Gasteiger partial charge in [0.25, 0.3) is 0 Å². The Morgan fingerprint density at radius 3 is 3.00 bits per heavy atom. The molecule has 0 radical (unpaired) electrons. The average molecular weight is 250 g/mol. The molecule has 4 heteroatoms. The van der Waals surface area contributed by atoms with Crippen molar-refractivity contribution in [2.24, 2.45) is 11.7 Å². The third-order valence-corrected chi connectivity index (χ3v) is 3.47. The van der Waals surface area contributed by atoms with Crippen LogP contribution in [0.5, 0.6) is 0 Å². The van der Waals surface area contributed by atoms with E-state index in [1.165, 1.54) is 37.5 Å². The second kappa shape index (κ2) is 5.48. The number of hydrogen-bond donors (Lipinski definition) is 2. The lowest BCUT2D eigenvalue weighted by Crippen LogP contribution is -2.19. The first-order chi connectivity index (χ1) is 8.61. The maximum absolute atomic E-state index is 13.6. The van der Waals surface area contributed by atoms with Gasteiger partial charge in [-0.05, 0) is 37.0 Å². The molecular weight excluding hydrogens is 231 g/mol. The fraction of sp³-hybridized carbons (Fsp3) is 0.500. The number of benzene rings is 1. The summed E-state index contributed by atoms with van der Waals surface area (Å²) in [7, 11) is 0. The number of rotatable bonds is 6. The second-order valence-corrected chi connectivity index (χ2v) is 4.94. The first-order valence-corrected chi connectivity index (χ1v) is 6.43. The molecule has 3 nitrogen and oxygen atoms in total. The van der Waals surface area contributed by atoms with Crippen molar-refractivity contribution in [3.8, 4) is 0 Å². The Morgan fingerprint density at radius 2 is 2.33 bits per heavy atom. The van der Waals surface area contributed by atoms with Crippen LogP contribution in [0.25, 0.3) is 0 Å². The number of nitrogens with one attached hydrogen (secondary N) is 1. The maximum atomic E-state index is 13.6. The molecule has 0 aromatic heterocycles. The van der Waals surface area contributed by atoms with E-state index in [0.717, 1.165) is 5.92 Å². The van der Waals surface area contributed by atoms with Crippen molar-refractivity contribution in [3.05, 3.63) is 35.1 Å². The van der Waals surface area contributed by atoms with Gasteiger partial charge in [-0.15, -0.1) is 0 Å². The summed E-state index contributed by atoms with van der Waals surface area (Å²) >= 11 is 0. The fourth-order valence-corrected chi connectivity index (χ4v) is 2.29. The second-order valence-electron chi connectivity index (χ2n) is 4.94. The van der Waals surface area contributed by atoms with E-state index in [1.807, 2.05) is 0 Å². The number of halogens is 1. The third-order valence-electron chi connectivity index (χ3n) is 3.47. The molecule has 2 rings (SSSR count). The topological polar surface area (TPSA) is 55.1 Å². The summed E-state index contributed by atoms with van der Waals surface area (Å²) in [4.78, 5) is 11.0. The largest absolute Gasteiger partial charge is 0.366 e. The number of primary amides is 1. The molecule has 0 spiro atoms. The fourth-order valence-electron chi connectivity index (χ4n) is 2.29. The molecule has 1 saturated carbocycles. The third kappa shape index (κ3) is 3.07. The summed E-state index contributed by atoms with van der Waals surface area (Å²) in [6.07, 6.45) is 3.58. The minimum atomic E-state index is -0.522. The van der Waals surface area contributed by atoms with Gasteiger partial charge in [-0.2, -0.15) is 0 Å². The quantitative estimate of drug-likeness (QED) is 0.813. The average Bonchev–Trinajstić information content (AvgIpc) is 3.07. The van der Waals surface area contributed by atoms with Crippen LogP contribution in [0.2, 0.25) is 0 Å². The lowest BCUT2D eigenvalue weighted by atomic mass is 10.1. The highest BCUT2D eigenvalue weighted by molar-refractivity contribution is 5.92. The van der Waals surface area contributed by atoms with E-state index in [0.29, 0.717) is 23.7 Å². The van der Waals surface area contributed by atoms with Crippen molar-refractivity contribution in [1.29, 1.82) is 0 Å². The molecular formula is C14H19FN2O. The van der Waals surface area contributed by atoms with Gasteiger partial charge in [0.15, 0.2) is 0 Å². The smallest absolute Gasteiger partial charge is 0.248 e. The number of amides is 1. The molecule has 0 aliphatic heterocycles. The molecule has 0 bridgehead atoms. The van der Waals surface area contributed by atoms with Crippen molar-refractivity contribution in [2.45, 2.75) is 38.8 Å². The Morgan fingerprint density at radius 1 is 1.56 bits per heavy atom. The van der Waals surface area contributed by atoms with Crippen LogP contribution in [0.3, 0.4) is 0 Å². The van der Waals surface area contributed by atoms with Gasteiger partial charge in [0.1, 0.15) is 5.82 Å². The van der Waals surface area contributed by atoms with Crippen molar-refractivity contribution < 1.29 is 9.18 Å². The molecule has 98 valence electrons. The van der Waals surface area contributed by atoms with Crippen molar-refractivity contribution in [2.75, 3.05) is 0 Å². The first kappa shape index (κ1) is 13.0. The van der Waals surface area contributed by atoms with E-state index >= 15 is 0 Å². The zero-order chi connectivity index (χ0) is 13.1. The zero-order valence-electron chi connectivity index (χ0n) is 10.6. The molecule has 3 N–H and O–H groups in total. The van der Waals surface area contributed by atoms with Crippen LogP contribution < -0.4 is 11.1 Å². The Kier molecular flexibility index (Phi) is 3.97. The van der Waals surface area contributed by atoms with E-state index in [2.05, 4.69) is 12.2 Å². The summed E-state index contributed by atoms with van der Waals surface area (Å²) in [5, 5.41) is 3.32. The number of carbonyl (C=O) groups is 1. The van der Waals surface area contributed by atoms with E-state index in [9.17, 15) is 9.18 Å². The lowest BCUT2D eigenvalue weighted by molar-refractivity contribution is 0.1000. The molecule has 2 unspecified atom stereocenters. The highest BCUT2D eigenvalue weighted by atomic mass is 19.1. The highest BCUT2D eigenvalue weighted by Crippen LogP contribution is 2.34. The van der Waals surface area contributed by atoms with Crippen LogP contribution in [0, 0.1) is 11.7 Å². The van der Waals surface area contributed by atoms with Crippen molar-refractivity contribution in [3.63, 3.8) is 0 Å². The maximum Gasteiger partial charge on any atom is 0.248 e. The highest BCUT2D eigenvalue weighted by Gasteiger charge is 2.35. The van der Waals surface area contributed by atoms with Crippen LogP contribution in [0.1, 0.15) is 42.1 Å². The molecule has 1 aliphatic rings. The Labute approximate surface area is 107 Å². The van der Waals surface area contributed by atoms with Crippen LogP contribution in [0.4, 0.5) is 4.39 Å². The number of carbonyl (C=O) groups excluding carboxylic acids is 1. The summed E-state index contributed by atoms with van der Waals surface area (Å²) in [6, 6.07) is 4.75. The summed E-state index contributed by atoms with van der Waals surface area (Å²) in [6.45, 7) is 2.63. The van der Waals surface area contributed by atoms with Gasteiger partial charge in [-0.1, -0.05) is 13.3 Å². The summed E-state index contributed by atoms with van der Waals surface area (Å²) in [5.74, 6) is -0.0795. The van der Waals surface area contributed by atoms with Gasteiger partial charge in [-0.3, -0.25) is 4.79 Å². The van der Waals surface area contributed by atoms with Gasteiger partial charge in [-0.25, -0.2) is 4.39 Å². The van der Waals surface area contributed by atoms with E-state index in [4.69, 9.17) is 5.73 Å². The van der Waals surface area contributed by atoms with Crippen LogP contribution in [-0.2, 0) is 6.54 Å². The standard InChI is InChI=1S/C14H19FN2O/c1-2-3-9-7-13(9)17-8-11-6-10(14(16)18)4-5-12(11)15/h4-6,9,13,17H,2-3,7-8H2,1H3,(H2,16,18). The van der Waals surface area contributed by atoms with Gasteiger partial charge >= 0.3 is 0 Å². The lowest BCUT2D eigenvalue weighted by Gasteiger charge is -2.07. The van der Waals surface area contributed by atoms with Crippen LogP contribution >= 0.6 is 0 Å². The van der Waals surface area contributed by atoms with Gasteiger partial charge in [0.2, 0.25) is 5.91 Å². The molecule has 1 amide bonds. The van der Waals surface area contributed by atoms with E-state index in [1.54, 1.807) is 0 Å². The number of nitrogens with two attached hydrogens (primary N) is 1. The van der Waals surface area contributed by atoms with E-state index < -0.39 is 5.91 Å². The van der Waals surface area contributed by atoms with Crippen LogP contribution in [0.15, 0.2) is 18.2 Å². The minimum absolute atomic E-state index is 0.291. The van der Waals surface area contributed by atoms with E-state index in [-0.39, 0.29) is 5.82 Å². The number of hydrogen-bond acceptors (Lipinski definition) is 2. The molecule has 2 atom stereocenters. The summed E-state index contributed by atoms with van der Waals surface area (Å²) in [5.41, 5.74) is 6.04. The molecule has 1 fully saturated rings. The van der Waals surface area contributed by atoms with Gasteiger partial charge in [0.05, 0.1) is 0 Å². The molecule has 1 aliphatic carbocycles. The Hall–Kier alpha value is -1.42. The first-order valence-electron chi connectivity index (χ1n) is 6.43. The minimum Gasteiger partial charge on any atom is -0.366 e. The molecule has 0 heterocycles. The molecule has 1 aromatic carbocycles.